The highest BCUT2D eigenvalue weighted by atomic mass is 16.5. The van der Waals surface area contributed by atoms with Crippen LogP contribution in [0.1, 0.15) is 70.4 Å². The van der Waals surface area contributed by atoms with Gasteiger partial charge in [-0.2, -0.15) is 0 Å². The van der Waals surface area contributed by atoms with E-state index in [4.69, 9.17) is 9.47 Å². The van der Waals surface area contributed by atoms with Crippen molar-refractivity contribution < 1.29 is 14.3 Å². The normalized spacial score (nSPS) is 13.6. The van der Waals surface area contributed by atoms with E-state index in [1.165, 1.54) is 11.1 Å². The van der Waals surface area contributed by atoms with Crippen LogP contribution in [0.15, 0.2) is 72.8 Å². The van der Waals surface area contributed by atoms with Crippen LogP contribution in [0.5, 0.6) is 11.5 Å². The number of fused-ring (bicyclic) bond motifs is 2. The number of hydrogen-bond acceptors (Lipinski definition) is 5. The van der Waals surface area contributed by atoms with E-state index >= 15 is 0 Å². The zero-order valence-corrected chi connectivity index (χ0v) is 24.3. The van der Waals surface area contributed by atoms with Crippen LogP contribution in [-0.4, -0.2) is 25.7 Å². The first-order valence-corrected chi connectivity index (χ1v) is 14.2. The molecule has 0 fully saturated rings. The first kappa shape index (κ1) is 27.3. The third-order valence-corrected chi connectivity index (χ3v) is 7.74. The number of aryl methyl sites for hydroxylation is 3. The quantitative estimate of drug-likeness (QED) is 0.202. The van der Waals surface area contributed by atoms with Crippen LogP contribution in [0.4, 0.5) is 17.1 Å². The summed E-state index contributed by atoms with van der Waals surface area (Å²) in [6.45, 7) is 14.6. The molecular formula is C35H38N2O3. The van der Waals surface area contributed by atoms with Gasteiger partial charge in [0.05, 0.1) is 12.2 Å². The first-order chi connectivity index (χ1) is 19.3. The summed E-state index contributed by atoms with van der Waals surface area (Å²) in [5.74, 6) is 1.10. The summed E-state index contributed by atoms with van der Waals surface area (Å²) in [5, 5.41) is 3.66. The standard InChI is InChI=1S/C35H38N2O3/c1-7-37(8-2)25-15-16-28-33(20-25)40-32-19-24(6)31(36-30-17-14-22(4)18-23(30)5)21-29(32)34(28)26-12-10-11-13-27(26)35(38)39-9-3/h10-21,34,36H,7-9H2,1-6H3. The van der Waals surface area contributed by atoms with Crippen LogP contribution in [0.3, 0.4) is 0 Å². The summed E-state index contributed by atoms with van der Waals surface area (Å²) in [7, 11) is 0. The van der Waals surface area contributed by atoms with Crippen LogP contribution >= 0.6 is 0 Å². The molecule has 4 aromatic rings. The van der Waals surface area contributed by atoms with Gasteiger partial charge in [0.15, 0.2) is 0 Å². The molecule has 0 spiro atoms. The summed E-state index contributed by atoms with van der Waals surface area (Å²) in [6, 6.07) is 24.9. The minimum absolute atomic E-state index is 0.203. The van der Waals surface area contributed by atoms with Crippen molar-refractivity contribution in [1.29, 1.82) is 0 Å². The first-order valence-electron chi connectivity index (χ1n) is 14.2. The number of carbonyl (C=O) groups excluding carboxylic acids is 1. The molecule has 0 aromatic heterocycles. The Morgan fingerprint density at radius 1 is 0.800 bits per heavy atom. The van der Waals surface area contributed by atoms with Crippen molar-refractivity contribution in [3.05, 3.63) is 112 Å². The molecule has 1 heterocycles. The Bertz CT molecular complexity index is 1550. The van der Waals surface area contributed by atoms with Gasteiger partial charge in [0.2, 0.25) is 0 Å². The highest BCUT2D eigenvalue weighted by Gasteiger charge is 2.33. The van der Waals surface area contributed by atoms with Gasteiger partial charge >= 0.3 is 5.97 Å². The number of rotatable bonds is 8. The SMILES string of the molecule is CCOC(=O)c1ccccc1C1c2ccc(N(CC)CC)cc2Oc2cc(C)c(Nc3ccc(C)cc3C)cc21. The van der Waals surface area contributed by atoms with Gasteiger partial charge in [-0.3, -0.25) is 0 Å². The number of carbonyl (C=O) groups is 1. The smallest absolute Gasteiger partial charge is 0.338 e. The van der Waals surface area contributed by atoms with E-state index in [0.29, 0.717) is 12.2 Å². The molecule has 1 aliphatic rings. The number of ether oxygens (including phenoxy) is 2. The van der Waals surface area contributed by atoms with Crippen molar-refractivity contribution in [3.63, 3.8) is 0 Å². The van der Waals surface area contributed by atoms with Crippen molar-refractivity contribution in [1.82, 2.24) is 0 Å². The third kappa shape index (κ3) is 5.16. The Labute approximate surface area is 237 Å². The molecule has 0 saturated carbocycles. The van der Waals surface area contributed by atoms with Gasteiger partial charge in [0.25, 0.3) is 0 Å². The number of esters is 1. The minimum Gasteiger partial charge on any atom is -0.462 e. The lowest BCUT2D eigenvalue weighted by Crippen LogP contribution is -2.22. The van der Waals surface area contributed by atoms with Gasteiger partial charge in [-0.1, -0.05) is 42.0 Å². The van der Waals surface area contributed by atoms with Crippen molar-refractivity contribution in [2.75, 3.05) is 29.9 Å². The van der Waals surface area contributed by atoms with Crippen molar-refractivity contribution in [3.8, 4) is 11.5 Å². The van der Waals surface area contributed by atoms with E-state index in [9.17, 15) is 4.79 Å². The van der Waals surface area contributed by atoms with Gasteiger partial charge in [0, 0.05) is 53.3 Å². The molecule has 40 heavy (non-hydrogen) atoms. The van der Waals surface area contributed by atoms with Crippen LogP contribution in [0, 0.1) is 20.8 Å². The molecular weight excluding hydrogens is 496 g/mol. The number of hydrogen-bond donors (Lipinski definition) is 1. The Hall–Kier alpha value is -4.25. The number of nitrogens with one attached hydrogen (secondary N) is 1. The fraction of sp³-hybridized carbons (Fsp3) is 0.286. The Balaban J connectivity index is 1.69. The van der Waals surface area contributed by atoms with E-state index < -0.39 is 0 Å². The number of anilines is 3. The fourth-order valence-corrected chi connectivity index (χ4v) is 5.65. The Morgan fingerprint density at radius 2 is 1.52 bits per heavy atom. The van der Waals surface area contributed by atoms with Gasteiger partial charge in [-0.15, -0.1) is 0 Å². The maximum Gasteiger partial charge on any atom is 0.338 e. The van der Waals surface area contributed by atoms with Gasteiger partial charge in [-0.05, 0) is 88.6 Å². The highest BCUT2D eigenvalue weighted by Crippen LogP contribution is 2.50. The van der Waals surface area contributed by atoms with E-state index in [1.807, 2.05) is 31.2 Å². The molecule has 1 atom stereocenters. The fourth-order valence-electron chi connectivity index (χ4n) is 5.65. The van der Waals surface area contributed by atoms with Crippen molar-refractivity contribution in [2.24, 2.45) is 0 Å². The molecule has 1 N–H and O–H groups in total. The summed E-state index contributed by atoms with van der Waals surface area (Å²) < 4.78 is 12.1. The van der Waals surface area contributed by atoms with E-state index in [0.717, 1.165) is 63.9 Å². The van der Waals surface area contributed by atoms with Crippen LogP contribution in [0.25, 0.3) is 0 Å². The van der Waals surface area contributed by atoms with E-state index in [1.54, 1.807) is 0 Å². The molecule has 1 unspecified atom stereocenters. The second kappa shape index (κ2) is 11.5. The lowest BCUT2D eigenvalue weighted by molar-refractivity contribution is 0.0525. The molecule has 206 valence electrons. The van der Waals surface area contributed by atoms with Gasteiger partial charge in [-0.25, -0.2) is 4.79 Å². The second-order valence-corrected chi connectivity index (χ2v) is 10.4. The topological polar surface area (TPSA) is 50.8 Å². The molecule has 0 amide bonds. The number of benzene rings is 4. The highest BCUT2D eigenvalue weighted by molar-refractivity contribution is 5.92. The molecule has 4 aromatic carbocycles. The maximum atomic E-state index is 13.1. The molecule has 5 heteroatoms. The monoisotopic (exact) mass is 534 g/mol. The Morgan fingerprint density at radius 3 is 2.25 bits per heavy atom. The predicted molar refractivity (Wildman–Crippen MR) is 164 cm³/mol. The average Bonchev–Trinajstić information content (AvgIpc) is 2.94. The molecule has 1 aliphatic heterocycles. The van der Waals surface area contributed by atoms with Gasteiger partial charge < -0.3 is 19.7 Å². The van der Waals surface area contributed by atoms with Crippen molar-refractivity contribution >= 4 is 23.0 Å². The van der Waals surface area contributed by atoms with Gasteiger partial charge in [0.1, 0.15) is 11.5 Å². The summed E-state index contributed by atoms with van der Waals surface area (Å²) >= 11 is 0. The zero-order chi connectivity index (χ0) is 28.4. The minimum atomic E-state index is -0.312. The van der Waals surface area contributed by atoms with Crippen LogP contribution < -0.4 is 15.0 Å². The maximum absolute atomic E-state index is 13.1. The van der Waals surface area contributed by atoms with Crippen LogP contribution in [0.2, 0.25) is 0 Å². The predicted octanol–water partition coefficient (Wildman–Crippen LogP) is 8.66. The zero-order valence-electron chi connectivity index (χ0n) is 24.3. The van der Waals surface area contributed by atoms with Crippen molar-refractivity contribution in [2.45, 2.75) is 47.5 Å². The molecule has 5 nitrogen and oxygen atoms in total. The Kier molecular flexibility index (Phi) is 7.83. The largest absolute Gasteiger partial charge is 0.462 e. The third-order valence-electron chi connectivity index (χ3n) is 7.74. The molecule has 0 bridgehead atoms. The average molecular weight is 535 g/mol. The van der Waals surface area contributed by atoms with E-state index in [-0.39, 0.29) is 11.9 Å². The lowest BCUT2D eigenvalue weighted by atomic mass is 9.80. The lowest BCUT2D eigenvalue weighted by Gasteiger charge is -2.32. The molecule has 5 rings (SSSR count). The van der Waals surface area contributed by atoms with E-state index in [2.05, 4.69) is 93.4 Å². The summed E-state index contributed by atoms with van der Waals surface area (Å²) in [4.78, 5) is 15.4. The number of nitrogens with zero attached hydrogens (tertiary/aromatic N) is 1. The van der Waals surface area contributed by atoms with Crippen LogP contribution in [-0.2, 0) is 4.74 Å². The molecule has 0 radical (unpaired) electrons. The summed E-state index contributed by atoms with van der Waals surface area (Å²) in [6.07, 6.45) is 0. The summed E-state index contributed by atoms with van der Waals surface area (Å²) in [5.41, 5.74) is 10.2. The molecule has 0 aliphatic carbocycles. The molecule has 0 saturated heterocycles. The second-order valence-electron chi connectivity index (χ2n) is 10.4.